The molecule has 0 aliphatic carbocycles. The van der Waals surface area contributed by atoms with Crippen molar-refractivity contribution in [3.63, 3.8) is 0 Å². The van der Waals surface area contributed by atoms with E-state index in [4.69, 9.17) is 25.4 Å². The number of aromatic hydroxyl groups is 1. The van der Waals surface area contributed by atoms with Gasteiger partial charge in [-0.25, -0.2) is 4.39 Å². The molecule has 4 aromatic carbocycles. The molecule has 1 aliphatic heterocycles. The Hall–Kier alpha value is -3.15. The molecule has 5 rings (SSSR count). The highest BCUT2D eigenvalue weighted by Crippen LogP contribution is 2.54. The highest BCUT2D eigenvalue weighted by atomic mass is 35.5. The van der Waals surface area contributed by atoms with E-state index in [-0.39, 0.29) is 17.9 Å². The van der Waals surface area contributed by atoms with Gasteiger partial charge in [0.1, 0.15) is 17.3 Å². The Morgan fingerprint density at radius 1 is 0.930 bits per heavy atom. The standard InChI is InChI=1S/C35H37ClFO5P/c1-24-17-32(40-23-43(39)41-16-5-3-4-9-35(42-43)28-7-6-8-30(36)22-28)18-25(2)33(24)21-27-12-15-34(38)29(20-27)19-26-10-13-31(37)14-11-26/h6-8,10-15,17-18,20,22,35,38H,3-5,9,16,19,21,23H2,1-2H3/t35-,43+/m0/s1. The number of aryl methyl sites for hydroxylation is 2. The van der Waals surface area contributed by atoms with E-state index >= 15 is 0 Å². The fourth-order valence-electron chi connectivity index (χ4n) is 5.48. The van der Waals surface area contributed by atoms with Crippen molar-refractivity contribution in [2.75, 3.05) is 13.0 Å². The van der Waals surface area contributed by atoms with Crippen molar-refractivity contribution in [1.82, 2.24) is 0 Å². The maximum atomic E-state index is 13.8. The predicted molar refractivity (Wildman–Crippen MR) is 169 cm³/mol. The van der Waals surface area contributed by atoms with Crippen LogP contribution in [0.25, 0.3) is 0 Å². The first-order valence-corrected chi connectivity index (χ1v) is 16.7. The number of halogens is 2. The third kappa shape index (κ3) is 8.49. The van der Waals surface area contributed by atoms with Gasteiger partial charge in [0.2, 0.25) is 0 Å². The lowest BCUT2D eigenvalue weighted by molar-refractivity contribution is 0.135. The first-order chi connectivity index (χ1) is 20.7. The van der Waals surface area contributed by atoms with Crippen molar-refractivity contribution in [3.8, 4) is 11.5 Å². The fraction of sp³-hybridized carbons (Fsp3) is 0.314. The molecule has 5 nitrogen and oxygen atoms in total. The minimum absolute atomic E-state index is 0.187. The second kappa shape index (κ2) is 14.1. The molecule has 1 aliphatic rings. The van der Waals surface area contributed by atoms with Crippen LogP contribution in [-0.4, -0.2) is 18.1 Å². The van der Waals surface area contributed by atoms with Gasteiger partial charge in [-0.15, -0.1) is 0 Å². The van der Waals surface area contributed by atoms with Crippen LogP contribution in [0.4, 0.5) is 4.39 Å². The summed E-state index contributed by atoms with van der Waals surface area (Å²) in [6.45, 7) is 4.41. The van der Waals surface area contributed by atoms with Gasteiger partial charge in [0.05, 0.1) is 12.7 Å². The van der Waals surface area contributed by atoms with Crippen LogP contribution < -0.4 is 4.74 Å². The number of ether oxygens (including phenoxy) is 1. The number of hydrogen-bond acceptors (Lipinski definition) is 5. The quantitative estimate of drug-likeness (QED) is 0.198. The highest BCUT2D eigenvalue weighted by Gasteiger charge is 2.32. The molecule has 1 fully saturated rings. The Morgan fingerprint density at radius 3 is 2.42 bits per heavy atom. The number of benzene rings is 4. The van der Waals surface area contributed by atoms with Crippen molar-refractivity contribution >= 4 is 19.2 Å². The number of phenols is 1. The Balaban J connectivity index is 1.29. The molecule has 0 aromatic heterocycles. The molecule has 43 heavy (non-hydrogen) atoms. The van der Waals surface area contributed by atoms with Gasteiger partial charge < -0.3 is 14.4 Å². The van der Waals surface area contributed by atoms with E-state index in [2.05, 4.69) is 0 Å². The first-order valence-electron chi connectivity index (χ1n) is 14.6. The molecule has 0 amide bonds. The minimum atomic E-state index is -3.56. The third-order valence-corrected chi connectivity index (χ3v) is 9.63. The Morgan fingerprint density at radius 2 is 1.67 bits per heavy atom. The molecule has 1 heterocycles. The number of rotatable bonds is 8. The van der Waals surface area contributed by atoms with Crippen LogP contribution in [0.15, 0.2) is 78.9 Å². The molecule has 4 aromatic rings. The van der Waals surface area contributed by atoms with Crippen LogP contribution in [0, 0.1) is 19.7 Å². The molecule has 1 N–H and O–H groups in total. The first kappa shape index (κ1) is 31.3. The van der Waals surface area contributed by atoms with Gasteiger partial charge in [0.25, 0.3) is 0 Å². The van der Waals surface area contributed by atoms with E-state index < -0.39 is 13.7 Å². The molecular formula is C35H37ClFO5P. The molecule has 0 bridgehead atoms. The topological polar surface area (TPSA) is 65.0 Å². The van der Waals surface area contributed by atoms with Crippen molar-refractivity contribution < 1.29 is 27.8 Å². The summed E-state index contributed by atoms with van der Waals surface area (Å²) in [5.41, 5.74) is 6.86. The molecule has 0 saturated carbocycles. The zero-order valence-electron chi connectivity index (χ0n) is 24.5. The molecule has 8 heteroatoms. The van der Waals surface area contributed by atoms with Crippen molar-refractivity contribution in [3.05, 3.63) is 129 Å². The van der Waals surface area contributed by atoms with Crippen LogP contribution in [0.5, 0.6) is 11.5 Å². The van der Waals surface area contributed by atoms with Gasteiger partial charge in [-0.3, -0.25) is 9.09 Å². The second-order valence-electron chi connectivity index (χ2n) is 11.2. The van der Waals surface area contributed by atoms with E-state index in [0.29, 0.717) is 30.2 Å². The van der Waals surface area contributed by atoms with E-state index in [1.165, 1.54) is 12.1 Å². The summed E-state index contributed by atoms with van der Waals surface area (Å²) in [5.74, 6) is 0.532. The Bertz CT molecular complexity index is 1580. The van der Waals surface area contributed by atoms with E-state index in [0.717, 1.165) is 64.6 Å². The molecule has 226 valence electrons. The van der Waals surface area contributed by atoms with Crippen LogP contribution in [0.2, 0.25) is 5.02 Å². The minimum Gasteiger partial charge on any atom is -0.508 e. The zero-order valence-corrected chi connectivity index (χ0v) is 26.2. The van der Waals surface area contributed by atoms with Crippen LogP contribution in [0.1, 0.15) is 70.7 Å². The summed E-state index contributed by atoms with van der Waals surface area (Å²) in [4.78, 5) is 0. The van der Waals surface area contributed by atoms with Crippen LogP contribution in [0.3, 0.4) is 0 Å². The third-order valence-electron chi connectivity index (χ3n) is 7.80. The molecule has 2 atom stereocenters. The zero-order chi connectivity index (χ0) is 30.4. The van der Waals surface area contributed by atoms with Crippen molar-refractivity contribution in [2.45, 2.75) is 58.5 Å². The molecule has 0 spiro atoms. The largest absolute Gasteiger partial charge is 0.508 e. The van der Waals surface area contributed by atoms with Crippen molar-refractivity contribution in [2.24, 2.45) is 0 Å². The summed E-state index contributed by atoms with van der Waals surface area (Å²) in [7, 11) is -3.56. The summed E-state index contributed by atoms with van der Waals surface area (Å²) >= 11 is 6.22. The van der Waals surface area contributed by atoms with Crippen molar-refractivity contribution in [1.29, 1.82) is 0 Å². The second-order valence-corrected chi connectivity index (χ2v) is 13.6. The van der Waals surface area contributed by atoms with E-state index in [1.807, 2.05) is 62.4 Å². The summed E-state index contributed by atoms with van der Waals surface area (Å²) < 4.78 is 45.2. The maximum Gasteiger partial charge on any atom is 0.368 e. The molecule has 0 radical (unpaired) electrons. The van der Waals surface area contributed by atoms with Crippen LogP contribution >= 0.6 is 19.2 Å². The van der Waals surface area contributed by atoms with E-state index in [1.54, 1.807) is 18.2 Å². The van der Waals surface area contributed by atoms with Gasteiger partial charge in [0, 0.05) is 11.4 Å². The SMILES string of the molecule is Cc1cc(OC[P@@]2(=O)OCCCCC[C@@H](c3cccc(Cl)c3)O2)cc(C)c1Cc1ccc(O)c(Cc2ccc(F)cc2)c1. The van der Waals surface area contributed by atoms with Crippen LogP contribution in [-0.2, 0) is 26.5 Å². The van der Waals surface area contributed by atoms with Gasteiger partial charge in [0.15, 0.2) is 6.35 Å². The fourth-order valence-corrected chi connectivity index (χ4v) is 7.20. The number of hydrogen-bond donors (Lipinski definition) is 1. The van der Waals surface area contributed by atoms with E-state index in [9.17, 15) is 14.1 Å². The summed E-state index contributed by atoms with van der Waals surface area (Å²) in [6, 6.07) is 23.3. The predicted octanol–water partition coefficient (Wildman–Crippen LogP) is 9.86. The molecule has 1 saturated heterocycles. The average molecular weight is 623 g/mol. The Kier molecular flexibility index (Phi) is 10.2. The maximum absolute atomic E-state index is 13.8. The summed E-state index contributed by atoms with van der Waals surface area (Å²) in [6.07, 6.45) is 4.04. The highest BCUT2D eigenvalue weighted by molar-refractivity contribution is 7.53. The van der Waals surface area contributed by atoms with Gasteiger partial charge in [-0.2, -0.15) is 0 Å². The Labute approximate surface area is 258 Å². The van der Waals surface area contributed by atoms with Gasteiger partial charge in [-0.1, -0.05) is 60.8 Å². The summed E-state index contributed by atoms with van der Waals surface area (Å²) in [5, 5.41) is 11.1. The lowest BCUT2D eigenvalue weighted by Gasteiger charge is -2.24. The molecule has 0 unspecified atom stereocenters. The monoisotopic (exact) mass is 622 g/mol. The van der Waals surface area contributed by atoms with Gasteiger partial charge >= 0.3 is 7.60 Å². The normalized spacial score (nSPS) is 19.3. The molecular weight excluding hydrogens is 586 g/mol. The lowest BCUT2D eigenvalue weighted by atomic mass is 9.93. The van der Waals surface area contributed by atoms with Gasteiger partial charge in [-0.05, 0) is 115 Å². The average Bonchev–Trinajstić information content (AvgIpc) is 3.07. The smallest absolute Gasteiger partial charge is 0.368 e. The number of phenolic OH excluding ortho intramolecular Hbond substituents is 1. The lowest BCUT2D eigenvalue weighted by Crippen LogP contribution is -2.10.